The van der Waals surface area contributed by atoms with Crippen molar-refractivity contribution in [3.8, 4) is 0 Å². The smallest absolute Gasteiger partial charge is 0.389 e. The maximum Gasteiger partial charge on any atom is 0.389 e. The van der Waals surface area contributed by atoms with Crippen molar-refractivity contribution in [3.05, 3.63) is 23.7 Å². The summed E-state index contributed by atoms with van der Waals surface area (Å²) in [5, 5.41) is 10.8. The van der Waals surface area contributed by atoms with Crippen LogP contribution in [0.3, 0.4) is 0 Å². The zero-order chi connectivity index (χ0) is 13.8. The third kappa shape index (κ3) is 4.48. The molecular weight excluding hydrogens is 255 g/mol. The van der Waals surface area contributed by atoms with Gasteiger partial charge in [0.15, 0.2) is 5.76 Å². The molecule has 2 N–H and O–H groups in total. The van der Waals surface area contributed by atoms with Gasteiger partial charge in [0, 0.05) is 19.0 Å². The lowest BCUT2D eigenvalue weighted by Gasteiger charge is -2.06. The summed E-state index contributed by atoms with van der Waals surface area (Å²) >= 11 is 0. The summed E-state index contributed by atoms with van der Waals surface area (Å²) in [5.41, 5.74) is -0.199. The summed E-state index contributed by atoms with van der Waals surface area (Å²) in [5.74, 6) is -2.25. The number of halogens is 3. The first-order chi connectivity index (χ1) is 8.29. The fourth-order valence-electron chi connectivity index (χ4n) is 1.15. The zero-order valence-corrected chi connectivity index (χ0v) is 9.08. The van der Waals surface area contributed by atoms with Gasteiger partial charge in [0.2, 0.25) is 0 Å². The molecule has 0 spiro atoms. The minimum absolute atomic E-state index is 0.165. The van der Waals surface area contributed by atoms with E-state index in [1.165, 1.54) is 0 Å². The fraction of sp³-hybridized carbons (Fsp3) is 0.400. The van der Waals surface area contributed by atoms with E-state index in [2.05, 4.69) is 9.73 Å². The summed E-state index contributed by atoms with van der Waals surface area (Å²) in [6.07, 6.45) is -4.62. The first kappa shape index (κ1) is 14.1. The summed E-state index contributed by atoms with van der Waals surface area (Å²) in [6, 6.07) is 1.00. The van der Waals surface area contributed by atoms with Gasteiger partial charge in [-0.25, -0.2) is 4.79 Å². The first-order valence-electron chi connectivity index (χ1n) is 4.96. The molecule has 0 bridgehead atoms. The molecule has 1 heterocycles. The van der Waals surface area contributed by atoms with Gasteiger partial charge in [-0.15, -0.1) is 0 Å². The molecule has 18 heavy (non-hydrogen) atoms. The van der Waals surface area contributed by atoms with Crippen LogP contribution in [0.4, 0.5) is 13.2 Å². The van der Waals surface area contributed by atoms with Crippen LogP contribution in [0.15, 0.2) is 16.7 Å². The molecule has 1 rings (SSSR count). The van der Waals surface area contributed by atoms with Crippen molar-refractivity contribution in [1.82, 2.24) is 5.32 Å². The Hall–Kier alpha value is -1.99. The van der Waals surface area contributed by atoms with E-state index >= 15 is 0 Å². The molecule has 100 valence electrons. The monoisotopic (exact) mass is 265 g/mol. The highest BCUT2D eigenvalue weighted by Gasteiger charge is 2.26. The Kier molecular flexibility index (Phi) is 4.35. The van der Waals surface area contributed by atoms with Crippen LogP contribution < -0.4 is 5.32 Å². The molecule has 0 radical (unpaired) electrons. The molecular formula is C10H10F3NO4. The number of amides is 1. The Morgan fingerprint density at radius 3 is 2.56 bits per heavy atom. The number of carbonyl (C=O) groups is 2. The van der Waals surface area contributed by atoms with Gasteiger partial charge in [0.05, 0.1) is 5.56 Å². The molecule has 0 atom stereocenters. The number of nitrogens with one attached hydrogen (secondary N) is 1. The van der Waals surface area contributed by atoms with E-state index in [1.807, 2.05) is 0 Å². The number of aromatic carboxylic acids is 1. The SMILES string of the molecule is O=C(O)c1coc(C(=O)NCCCC(F)(F)F)c1. The second kappa shape index (κ2) is 5.56. The third-order valence-electron chi connectivity index (χ3n) is 1.99. The van der Waals surface area contributed by atoms with E-state index in [0.29, 0.717) is 0 Å². The van der Waals surface area contributed by atoms with Gasteiger partial charge in [-0.1, -0.05) is 0 Å². The molecule has 0 aromatic carbocycles. The summed E-state index contributed by atoms with van der Waals surface area (Å²) in [4.78, 5) is 21.8. The van der Waals surface area contributed by atoms with Crippen LogP contribution in [0.2, 0.25) is 0 Å². The van der Waals surface area contributed by atoms with Crippen molar-refractivity contribution in [2.45, 2.75) is 19.0 Å². The number of carbonyl (C=O) groups excluding carboxylic acids is 1. The summed E-state index contributed by atoms with van der Waals surface area (Å²) in [6.45, 7) is -0.165. The molecule has 0 saturated heterocycles. The highest BCUT2D eigenvalue weighted by Crippen LogP contribution is 2.20. The Labute approximate surface area is 99.6 Å². The lowest BCUT2D eigenvalue weighted by Crippen LogP contribution is -2.25. The maximum absolute atomic E-state index is 11.8. The zero-order valence-electron chi connectivity index (χ0n) is 9.08. The Morgan fingerprint density at radius 2 is 2.06 bits per heavy atom. The van der Waals surface area contributed by atoms with Gasteiger partial charge in [0.1, 0.15) is 6.26 Å². The molecule has 5 nitrogen and oxygen atoms in total. The topological polar surface area (TPSA) is 79.5 Å². The minimum atomic E-state index is -4.26. The largest absolute Gasteiger partial charge is 0.478 e. The van der Waals surface area contributed by atoms with E-state index < -0.39 is 24.5 Å². The van der Waals surface area contributed by atoms with Crippen molar-refractivity contribution in [2.75, 3.05) is 6.54 Å². The van der Waals surface area contributed by atoms with E-state index in [-0.39, 0.29) is 24.3 Å². The number of furan rings is 1. The molecule has 8 heteroatoms. The van der Waals surface area contributed by atoms with Crippen LogP contribution in [0.1, 0.15) is 33.8 Å². The predicted octanol–water partition coefficient (Wildman–Crippen LogP) is 2.05. The highest BCUT2D eigenvalue weighted by molar-refractivity contribution is 5.95. The van der Waals surface area contributed by atoms with Crippen LogP contribution in [0.25, 0.3) is 0 Å². The predicted molar refractivity (Wildman–Crippen MR) is 53.3 cm³/mol. The summed E-state index contributed by atoms with van der Waals surface area (Å²) < 4.78 is 40.1. The van der Waals surface area contributed by atoms with Crippen LogP contribution in [0, 0.1) is 0 Å². The molecule has 0 fully saturated rings. The van der Waals surface area contributed by atoms with E-state index in [0.717, 1.165) is 12.3 Å². The Balaban J connectivity index is 2.39. The lowest BCUT2D eigenvalue weighted by molar-refractivity contribution is -0.135. The van der Waals surface area contributed by atoms with E-state index in [4.69, 9.17) is 5.11 Å². The maximum atomic E-state index is 11.8. The minimum Gasteiger partial charge on any atom is -0.478 e. The van der Waals surface area contributed by atoms with Crippen molar-refractivity contribution >= 4 is 11.9 Å². The number of carboxylic acids is 1. The molecule has 1 aromatic rings. The standard InChI is InChI=1S/C10H10F3NO4/c11-10(12,13)2-1-3-14-8(15)7-4-6(5-18-7)9(16)17/h4-5H,1-3H2,(H,14,15)(H,16,17). The van der Waals surface area contributed by atoms with Crippen LogP contribution in [0.5, 0.6) is 0 Å². The van der Waals surface area contributed by atoms with Crippen LogP contribution >= 0.6 is 0 Å². The van der Waals surface area contributed by atoms with Crippen molar-refractivity contribution in [2.24, 2.45) is 0 Å². The van der Waals surface area contributed by atoms with Gasteiger partial charge in [-0.05, 0) is 6.42 Å². The molecule has 0 aliphatic carbocycles. The van der Waals surface area contributed by atoms with Crippen molar-refractivity contribution < 1.29 is 32.3 Å². The van der Waals surface area contributed by atoms with Crippen LogP contribution in [-0.2, 0) is 0 Å². The fourth-order valence-corrected chi connectivity index (χ4v) is 1.15. The van der Waals surface area contributed by atoms with Gasteiger partial charge < -0.3 is 14.8 Å². The molecule has 1 amide bonds. The third-order valence-corrected chi connectivity index (χ3v) is 1.99. The van der Waals surface area contributed by atoms with Gasteiger partial charge in [0.25, 0.3) is 5.91 Å². The quantitative estimate of drug-likeness (QED) is 0.798. The van der Waals surface area contributed by atoms with Crippen molar-refractivity contribution in [1.29, 1.82) is 0 Å². The molecule has 0 aliphatic rings. The van der Waals surface area contributed by atoms with Gasteiger partial charge in [-0.3, -0.25) is 4.79 Å². The van der Waals surface area contributed by atoms with Crippen molar-refractivity contribution in [3.63, 3.8) is 0 Å². The number of hydrogen-bond acceptors (Lipinski definition) is 3. The average molecular weight is 265 g/mol. The Morgan fingerprint density at radius 1 is 1.39 bits per heavy atom. The normalized spacial score (nSPS) is 11.3. The first-order valence-corrected chi connectivity index (χ1v) is 4.96. The number of carboxylic acid groups (broad SMARTS) is 1. The van der Waals surface area contributed by atoms with Gasteiger partial charge >= 0.3 is 12.1 Å². The van der Waals surface area contributed by atoms with E-state index in [1.54, 1.807) is 0 Å². The summed E-state index contributed by atoms with van der Waals surface area (Å²) in [7, 11) is 0. The van der Waals surface area contributed by atoms with Crippen LogP contribution in [-0.4, -0.2) is 29.7 Å². The second-order valence-electron chi connectivity index (χ2n) is 3.48. The molecule has 0 aliphatic heterocycles. The molecule has 0 saturated carbocycles. The number of alkyl halides is 3. The van der Waals surface area contributed by atoms with E-state index in [9.17, 15) is 22.8 Å². The molecule has 0 unspecified atom stereocenters. The number of rotatable bonds is 5. The average Bonchev–Trinajstić information content (AvgIpc) is 2.72. The Bertz CT molecular complexity index is 439. The highest BCUT2D eigenvalue weighted by atomic mass is 19.4. The lowest BCUT2D eigenvalue weighted by atomic mass is 10.3. The second-order valence-corrected chi connectivity index (χ2v) is 3.48. The number of hydrogen-bond donors (Lipinski definition) is 2. The van der Waals surface area contributed by atoms with Gasteiger partial charge in [-0.2, -0.15) is 13.2 Å². The molecule has 1 aromatic heterocycles.